The highest BCUT2D eigenvalue weighted by atomic mass is 35.5. The van der Waals surface area contributed by atoms with Gasteiger partial charge in [0, 0.05) is 41.3 Å². The van der Waals surface area contributed by atoms with Crippen molar-refractivity contribution >= 4 is 28.6 Å². The summed E-state index contributed by atoms with van der Waals surface area (Å²) < 4.78 is 22.4. The van der Waals surface area contributed by atoms with Gasteiger partial charge in [0.05, 0.1) is 11.6 Å². The zero-order valence-electron chi connectivity index (χ0n) is 19.9. The number of carbonyl (C=O) groups excluding carboxylic acids is 1. The maximum Gasteiger partial charge on any atom is 0.415 e. The third-order valence-corrected chi connectivity index (χ3v) is 6.31. The predicted molar refractivity (Wildman–Crippen MR) is 136 cm³/mol. The van der Waals surface area contributed by atoms with Gasteiger partial charge < -0.3 is 14.2 Å². The van der Waals surface area contributed by atoms with Crippen molar-refractivity contribution in [3.05, 3.63) is 88.3 Å². The van der Waals surface area contributed by atoms with Crippen LogP contribution >= 0.6 is 11.6 Å². The molecule has 0 saturated heterocycles. The lowest BCUT2D eigenvalue weighted by Crippen LogP contribution is -2.33. The molecule has 0 unspecified atom stereocenters. The molecule has 1 heterocycles. The fourth-order valence-corrected chi connectivity index (χ4v) is 4.58. The Hall–Kier alpha value is -3.31. The van der Waals surface area contributed by atoms with E-state index in [9.17, 15) is 9.18 Å². The lowest BCUT2D eigenvalue weighted by molar-refractivity contribution is 0.157. The second-order valence-corrected chi connectivity index (χ2v) is 8.85. The second-order valence-electron chi connectivity index (χ2n) is 8.44. The molecule has 4 nitrogen and oxygen atoms in total. The van der Waals surface area contributed by atoms with Crippen molar-refractivity contribution in [3.63, 3.8) is 0 Å². The molecule has 0 atom stereocenters. The van der Waals surface area contributed by atoms with E-state index >= 15 is 0 Å². The van der Waals surface area contributed by atoms with Gasteiger partial charge in [0.1, 0.15) is 11.6 Å². The molecule has 0 aliphatic carbocycles. The van der Waals surface area contributed by atoms with E-state index in [0.717, 1.165) is 33.2 Å². The van der Waals surface area contributed by atoms with Gasteiger partial charge in [-0.25, -0.2) is 9.18 Å². The molecule has 1 amide bonds. The molecular formula is C28H28ClFN2O2. The van der Waals surface area contributed by atoms with Gasteiger partial charge in [0.25, 0.3) is 0 Å². The highest BCUT2D eigenvalue weighted by Crippen LogP contribution is 2.39. The first-order valence-electron chi connectivity index (χ1n) is 11.4. The number of fused-ring (bicyclic) bond motifs is 1. The number of hydrogen-bond donors (Lipinski definition) is 0. The van der Waals surface area contributed by atoms with Crippen molar-refractivity contribution in [2.45, 2.75) is 34.2 Å². The number of aryl methyl sites for hydroxylation is 2. The molecule has 0 N–H and O–H groups in total. The van der Waals surface area contributed by atoms with Gasteiger partial charge in [-0.3, -0.25) is 0 Å². The Bertz CT molecular complexity index is 1340. The van der Waals surface area contributed by atoms with Crippen molar-refractivity contribution in [1.29, 1.82) is 0 Å². The fourth-order valence-electron chi connectivity index (χ4n) is 4.39. The van der Waals surface area contributed by atoms with Crippen LogP contribution in [0.5, 0.6) is 5.75 Å². The van der Waals surface area contributed by atoms with Crippen LogP contribution in [0.2, 0.25) is 5.02 Å². The summed E-state index contributed by atoms with van der Waals surface area (Å²) in [5, 5.41) is 1.03. The monoisotopic (exact) mass is 478 g/mol. The molecule has 0 aliphatic rings. The summed E-state index contributed by atoms with van der Waals surface area (Å²) in [5.41, 5.74) is 5.47. The second kappa shape index (κ2) is 9.90. The van der Waals surface area contributed by atoms with Crippen LogP contribution in [-0.2, 0) is 6.54 Å². The maximum atomic E-state index is 14.6. The summed E-state index contributed by atoms with van der Waals surface area (Å²) in [6.07, 6.45) is 1.54. The summed E-state index contributed by atoms with van der Waals surface area (Å²) in [4.78, 5) is 14.4. The van der Waals surface area contributed by atoms with E-state index in [4.69, 9.17) is 16.3 Å². The lowest BCUT2D eigenvalue weighted by atomic mass is 9.97. The molecule has 0 fully saturated rings. The minimum absolute atomic E-state index is 0.107. The molecule has 176 valence electrons. The first-order chi connectivity index (χ1) is 16.3. The summed E-state index contributed by atoms with van der Waals surface area (Å²) in [7, 11) is 0. The normalized spacial score (nSPS) is 11.1. The first-order valence-corrected chi connectivity index (χ1v) is 11.8. The molecule has 0 bridgehead atoms. The number of amides is 1. The van der Waals surface area contributed by atoms with E-state index in [-0.39, 0.29) is 11.1 Å². The molecule has 6 heteroatoms. The number of halogens is 2. The SMILES string of the molecule is CCN(CC)C(=O)Oc1ccc2c(ccn2Cc2cccc(Cl)c2F)c1-c1cc(C)cc(C)c1. The van der Waals surface area contributed by atoms with E-state index < -0.39 is 5.82 Å². The van der Waals surface area contributed by atoms with Gasteiger partial charge >= 0.3 is 6.09 Å². The smallest absolute Gasteiger partial charge is 0.410 e. The van der Waals surface area contributed by atoms with Gasteiger partial charge in [-0.15, -0.1) is 0 Å². The number of carbonyl (C=O) groups is 1. The Morgan fingerprint density at radius 3 is 2.41 bits per heavy atom. The molecule has 0 spiro atoms. The summed E-state index contributed by atoms with van der Waals surface area (Å²) >= 11 is 5.99. The van der Waals surface area contributed by atoms with Gasteiger partial charge in [-0.2, -0.15) is 0 Å². The summed E-state index contributed by atoms with van der Waals surface area (Å²) in [5.74, 6) is 0.0893. The van der Waals surface area contributed by atoms with Crippen LogP contribution in [0, 0.1) is 19.7 Å². The average molecular weight is 479 g/mol. The minimum Gasteiger partial charge on any atom is -0.410 e. The van der Waals surface area contributed by atoms with Gasteiger partial charge in [-0.05, 0) is 57.5 Å². The van der Waals surface area contributed by atoms with E-state index in [1.54, 1.807) is 23.1 Å². The minimum atomic E-state index is -0.412. The van der Waals surface area contributed by atoms with Gasteiger partial charge in [0.15, 0.2) is 0 Å². The van der Waals surface area contributed by atoms with Crippen LogP contribution in [0.4, 0.5) is 9.18 Å². The number of nitrogens with zero attached hydrogens (tertiary/aromatic N) is 2. The highest BCUT2D eigenvalue weighted by Gasteiger charge is 2.20. The van der Waals surface area contributed by atoms with Crippen molar-refractivity contribution in [1.82, 2.24) is 9.47 Å². The van der Waals surface area contributed by atoms with E-state index in [1.807, 2.05) is 56.7 Å². The van der Waals surface area contributed by atoms with Crippen LogP contribution < -0.4 is 4.74 Å². The zero-order chi connectivity index (χ0) is 24.4. The Morgan fingerprint density at radius 2 is 1.74 bits per heavy atom. The molecule has 4 aromatic rings. The van der Waals surface area contributed by atoms with Crippen LogP contribution in [0.25, 0.3) is 22.0 Å². The molecule has 0 radical (unpaired) electrons. The largest absolute Gasteiger partial charge is 0.415 e. The van der Waals surface area contributed by atoms with Crippen molar-refractivity contribution in [2.75, 3.05) is 13.1 Å². The molecule has 4 rings (SSSR count). The molecule has 3 aromatic carbocycles. The van der Waals surface area contributed by atoms with Gasteiger partial charge in [0.2, 0.25) is 0 Å². The fraction of sp³-hybridized carbons (Fsp3) is 0.250. The van der Waals surface area contributed by atoms with Gasteiger partial charge in [-0.1, -0.05) is 53.1 Å². The van der Waals surface area contributed by atoms with Crippen LogP contribution in [-0.4, -0.2) is 28.6 Å². The number of hydrogen-bond acceptors (Lipinski definition) is 2. The third-order valence-electron chi connectivity index (χ3n) is 6.02. The Kier molecular flexibility index (Phi) is 6.94. The summed E-state index contributed by atoms with van der Waals surface area (Å²) in [6.45, 7) is 9.41. The third kappa shape index (κ3) is 4.66. The Labute approximate surface area is 204 Å². The molecule has 0 aliphatic heterocycles. The number of ether oxygens (including phenoxy) is 1. The zero-order valence-corrected chi connectivity index (χ0v) is 20.6. The highest BCUT2D eigenvalue weighted by molar-refractivity contribution is 6.30. The van der Waals surface area contributed by atoms with Crippen molar-refractivity contribution < 1.29 is 13.9 Å². The Balaban J connectivity index is 1.86. The van der Waals surface area contributed by atoms with Crippen LogP contribution in [0.1, 0.15) is 30.5 Å². The Morgan fingerprint density at radius 1 is 1.03 bits per heavy atom. The number of aromatic nitrogens is 1. The molecular weight excluding hydrogens is 451 g/mol. The average Bonchev–Trinajstić information content (AvgIpc) is 3.19. The predicted octanol–water partition coefficient (Wildman–Crippen LogP) is 7.61. The van der Waals surface area contributed by atoms with E-state index in [0.29, 0.717) is 30.9 Å². The van der Waals surface area contributed by atoms with Crippen LogP contribution in [0.3, 0.4) is 0 Å². The summed E-state index contributed by atoms with van der Waals surface area (Å²) in [6, 6.07) is 17.0. The van der Waals surface area contributed by atoms with E-state index in [1.165, 1.54) is 0 Å². The number of rotatable bonds is 6. The molecule has 34 heavy (non-hydrogen) atoms. The topological polar surface area (TPSA) is 34.5 Å². The quantitative estimate of drug-likeness (QED) is 0.286. The lowest BCUT2D eigenvalue weighted by Gasteiger charge is -2.20. The number of benzene rings is 3. The first kappa shape index (κ1) is 23.8. The van der Waals surface area contributed by atoms with Crippen LogP contribution in [0.15, 0.2) is 60.8 Å². The van der Waals surface area contributed by atoms with Crippen molar-refractivity contribution in [2.24, 2.45) is 0 Å². The van der Waals surface area contributed by atoms with E-state index in [2.05, 4.69) is 18.2 Å². The molecule has 1 aromatic heterocycles. The van der Waals surface area contributed by atoms with Crippen molar-refractivity contribution in [3.8, 4) is 16.9 Å². The maximum absolute atomic E-state index is 14.6. The standard InChI is InChI=1S/C28H28ClFN2O2/c1-5-31(6-2)28(33)34-25-11-10-24-22(26(25)21-15-18(3)14-19(4)16-21)12-13-32(24)17-20-8-7-9-23(29)27(20)30/h7-16H,5-6,17H2,1-4H3. The molecule has 0 saturated carbocycles.